The summed E-state index contributed by atoms with van der Waals surface area (Å²) in [6.45, 7) is 0.993. The van der Waals surface area contributed by atoms with Gasteiger partial charge in [-0.3, -0.25) is 0 Å². The molecule has 0 aliphatic rings. The van der Waals surface area contributed by atoms with E-state index in [1.165, 1.54) is 12.1 Å². The maximum atomic E-state index is 11.2. The summed E-state index contributed by atoms with van der Waals surface area (Å²) in [5, 5.41) is 3.37. The molecule has 0 unspecified atom stereocenters. The Hall–Kier alpha value is -0.970. The van der Waals surface area contributed by atoms with Gasteiger partial charge in [0.2, 0.25) is 0 Å². The zero-order chi connectivity index (χ0) is 12.0. The van der Waals surface area contributed by atoms with Crippen molar-refractivity contribution in [2.45, 2.75) is 6.42 Å². The van der Waals surface area contributed by atoms with Crippen LogP contribution in [-0.4, -0.2) is 19.2 Å². The molecule has 0 saturated heterocycles. The molecule has 88 valence electrons. The topological polar surface area (TPSA) is 64.3 Å². The van der Waals surface area contributed by atoms with Crippen LogP contribution < -0.4 is 15.8 Å². The number of benzene rings is 1. The van der Waals surface area contributed by atoms with Gasteiger partial charge in [-0.15, -0.1) is 0 Å². The number of amides is 1. The first kappa shape index (κ1) is 13.1. The van der Waals surface area contributed by atoms with Crippen LogP contribution in [0.5, 0.6) is 5.75 Å². The molecular formula is C10H12Cl2N2O2. The molecule has 3 N–H and O–H groups in total. The Labute approximate surface area is 104 Å². The molecule has 16 heavy (non-hydrogen) atoms. The standard InChI is InChI=1S/C10H12Cl2N2O2/c11-7-4-8(12)6-9(5-7)16-10(15)14-3-1-2-13/h4-6H,1-3,13H2,(H,14,15). The summed E-state index contributed by atoms with van der Waals surface area (Å²) in [4.78, 5) is 11.2. The van der Waals surface area contributed by atoms with E-state index < -0.39 is 6.09 Å². The lowest BCUT2D eigenvalue weighted by molar-refractivity contribution is 0.200. The number of hydrogen-bond acceptors (Lipinski definition) is 3. The van der Waals surface area contributed by atoms with E-state index in [4.69, 9.17) is 33.7 Å². The summed E-state index contributed by atoms with van der Waals surface area (Å²) in [6, 6.07) is 4.58. The first-order valence-corrected chi connectivity index (χ1v) is 5.49. The van der Waals surface area contributed by atoms with Crippen LogP contribution in [0.1, 0.15) is 6.42 Å². The third-order valence-corrected chi connectivity index (χ3v) is 2.13. The summed E-state index contributed by atoms with van der Waals surface area (Å²) < 4.78 is 4.96. The third kappa shape index (κ3) is 4.70. The van der Waals surface area contributed by atoms with Gasteiger partial charge < -0.3 is 15.8 Å². The molecule has 1 aromatic carbocycles. The molecule has 0 heterocycles. The number of nitrogens with two attached hydrogens (primary N) is 1. The van der Waals surface area contributed by atoms with Gasteiger partial charge in [0.25, 0.3) is 0 Å². The summed E-state index contributed by atoms with van der Waals surface area (Å²) >= 11 is 11.5. The Kier molecular flexibility index (Phi) is 5.38. The van der Waals surface area contributed by atoms with Crippen molar-refractivity contribution in [3.63, 3.8) is 0 Å². The first-order chi connectivity index (χ1) is 7.61. The second kappa shape index (κ2) is 6.58. The van der Waals surface area contributed by atoms with Crippen LogP contribution in [0.25, 0.3) is 0 Å². The molecule has 0 radical (unpaired) electrons. The van der Waals surface area contributed by atoms with Gasteiger partial charge in [0.15, 0.2) is 0 Å². The number of ether oxygens (including phenoxy) is 1. The highest BCUT2D eigenvalue weighted by Crippen LogP contribution is 2.24. The summed E-state index contributed by atoms with van der Waals surface area (Å²) in [7, 11) is 0. The van der Waals surface area contributed by atoms with E-state index in [9.17, 15) is 4.79 Å². The molecule has 4 nitrogen and oxygen atoms in total. The molecular weight excluding hydrogens is 251 g/mol. The minimum atomic E-state index is -0.549. The van der Waals surface area contributed by atoms with Gasteiger partial charge in [-0.25, -0.2) is 4.79 Å². The minimum Gasteiger partial charge on any atom is -0.410 e. The van der Waals surface area contributed by atoms with Crippen molar-refractivity contribution in [3.8, 4) is 5.75 Å². The van der Waals surface area contributed by atoms with E-state index in [-0.39, 0.29) is 0 Å². The molecule has 0 aliphatic heterocycles. The smallest absolute Gasteiger partial charge is 0.410 e. The van der Waals surface area contributed by atoms with Gasteiger partial charge in [-0.1, -0.05) is 23.2 Å². The van der Waals surface area contributed by atoms with E-state index in [1.807, 2.05) is 0 Å². The highest BCUT2D eigenvalue weighted by Gasteiger charge is 2.05. The molecule has 0 spiro atoms. The predicted octanol–water partition coefficient (Wildman–Crippen LogP) is 2.43. The second-order valence-electron chi connectivity index (χ2n) is 3.06. The number of hydrogen-bond donors (Lipinski definition) is 2. The third-order valence-electron chi connectivity index (χ3n) is 1.70. The molecule has 0 saturated carbocycles. The number of nitrogens with one attached hydrogen (secondary N) is 1. The molecule has 0 aliphatic carbocycles. The fourth-order valence-electron chi connectivity index (χ4n) is 1.02. The SMILES string of the molecule is NCCCNC(=O)Oc1cc(Cl)cc(Cl)c1. The molecule has 0 fully saturated rings. The van der Waals surface area contributed by atoms with E-state index in [0.717, 1.165) is 0 Å². The van der Waals surface area contributed by atoms with Crippen LogP contribution in [0.3, 0.4) is 0 Å². The number of carbonyl (C=O) groups is 1. The van der Waals surface area contributed by atoms with E-state index in [2.05, 4.69) is 5.32 Å². The van der Waals surface area contributed by atoms with Gasteiger partial charge in [0, 0.05) is 16.6 Å². The summed E-state index contributed by atoms with van der Waals surface area (Å²) in [6.07, 6.45) is 0.151. The fraction of sp³-hybridized carbons (Fsp3) is 0.300. The first-order valence-electron chi connectivity index (χ1n) is 4.73. The maximum absolute atomic E-state index is 11.2. The minimum absolute atomic E-state index is 0.308. The average Bonchev–Trinajstić information content (AvgIpc) is 2.16. The lowest BCUT2D eigenvalue weighted by Crippen LogP contribution is -2.28. The molecule has 1 rings (SSSR count). The van der Waals surface area contributed by atoms with Crippen LogP contribution in [0.15, 0.2) is 18.2 Å². The van der Waals surface area contributed by atoms with Crippen LogP contribution in [0.2, 0.25) is 10.0 Å². The highest BCUT2D eigenvalue weighted by molar-refractivity contribution is 6.34. The maximum Gasteiger partial charge on any atom is 0.412 e. The van der Waals surface area contributed by atoms with Gasteiger partial charge >= 0.3 is 6.09 Å². The van der Waals surface area contributed by atoms with E-state index in [1.54, 1.807) is 6.07 Å². The van der Waals surface area contributed by atoms with Crippen molar-refractivity contribution in [2.24, 2.45) is 5.73 Å². The molecule has 1 amide bonds. The van der Waals surface area contributed by atoms with Crippen LogP contribution in [0, 0.1) is 0 Å². The van der Waals surface area contributed by atoms with Crippen LogP contribution in [-0.2, 0) is 0 Å². The zero-order valence-electron chi connectivity index (χ0n) is 8.50. The van der Waals surface area contributed by atoms with E-state index in [0.29, 0.717) is 35.3 Å². The van der Waals surface area contributed by atoms with Crippen molar-refractivity contribution in [3.05, 3.63) is 28.2 Å². The van der Waals surface area contributed by atoms with Crippen LogP contribution >= 0.6 is 23.2 Å². The van der Waals surface area contributed by atoms with Crippen molar-refractivity contribution >= 4 is 29.3 Å². The Morgan fingerprint density at radius 2 is 1.94 bits per heavy atom. The van der Waals surface area contributed by atoms with Crippen molar-refractivity contribution in [1.29, 1.82) is 0 Å². The van der Waals surface area contributed by atoms with Gasteiger partial charge in [-0.05, 0) is 31.2 Å². The quantitative estimate of drug-likeness (QED) is 0.820. The molecule has 1 aromatic rings. The summed E-state index contributed by atoms with van der Waals surface area (Å²) in [5.41, 5.74) is 5.28. The van der Waals surface area contributed by atoms with Gasteiger partial charge in [0.1, 0.15) is 5.75 Å². The van der Waals surface area contributed by atoms with Crippen LogP contribution in [0.4, 0.5) is 4.79 Å². The van der Waals surface area contributed by atoms with E-state index >= 15 is 0 Å². The molecule has 0 aromatic heterocycles. The number of rotatable bonds is 4. The Morgan fingerprint density at radius 1 is 1.31 bits per heavy atom. The number of halogens is 2. The monoisotopic (exact) mass is 262 g/mol. The largest absolute Gasteiger partial charge is 0.412 e. The Morgan fingerprint density at radius 3 is 2.50 bits per heavy atom. The Balaban J connectivity index is 2.49. The van der Waals surface area contributed by atoms with Gasteiger partial charge in [0.05, 0.1) is 0 Å². The lowest BCUT2D eigenvalue weighted by atomic mass is 10.3. The van der Waals surface area contributed by atoms with Crippen molar-refractivity contribution in [1.82, 2.24) is 5.32 Å². The highest BCUT2D eigenvalue weighted by atomic mass is 35.5. The molecule has 6 heteroatoms. The zero-order valence-corrected chi connectivity index (χ0v) is 10.0. The van der Waals surface area contributed by atoms with Crippen molar-refractivity contribution < 1.29 is 9.53 Å². The normalized spacial score (nSPS) is 9.94. The Bertz CT molecular complexity index is 352. The fourth-order valence-corrected chi connectivity index (χ4v) is 1.53. The summed E-state index contributed by atoms with van der Waals surface area (Å²) in [5.74, 6) is 0.308. The molecule has 0 bridgehead atoms. The molecule has 0 atom stereocenters. The predicted molar refractivity (Wildman–Crippen MR) is 64.2 cm³/mol. The number of carbonyl (C=O) groups excluding carboxylic acids is 1. The second-order valence-corrected chi connectivity index (χ2v) is 3.94. The van der Waals surface area contributed by atoms with Gasteiger partial charge in [-0.2, -0.15) is 0 Å². The lowest BCUT2D eigenvalue weighted by Gasteiger charge is -2.06. The van der Waals surface area contributed by atoms with Crippen molar-refractivity contribution in [2.75, 3.05) is 13.1 Å². The average molecular weight is 263 g/mol.